The van der Waals surface area contributed by atoms with Crippen LogP contribution in [0.1, 0.15) is 19.4 Å². The van der Waals surface area contributed by atoms with Crippen LogP contribution in [0.25, 0.3) is 10.8 Å². The van der Waals surface area contributed by atoms with E-state index in [0.717, 1.165) is 16.3 Å². The van der Waals surface area contributed by atoms with Crippen LogP contribution in [0, 0.1) is 5.41 Å². The molecule has 3 rings (SSSR count). The minimum Gasteiger partial charge on any atom is -0.412 e. The molecule has 0 N–H and O–H groups in total. The van der Waals surface area contributed by atoms with Crippen LogP contribution in [0.5, 0.6) is 0 Å². The standard InChI is InChI=1S/C16H17O3PS2/c1-16(2)10-17-20(22,18-11-16)19-15(21)14-9-5-7-12-6-3-4-8-13(12)14/h3-9H,10-11H2,1-2H3. The highest BCUT2D eigenvalue weighted by Gasteiger charge is 2.36. The molecule has 0 atom stereocenters. The molecule has 1 saturated heterocycles. The van der Waals surface area contributed by atoms with Gasteiger partial charge in [-0.15, -0.1) is 0 Å². The fraction of sp³-hybridized carbons (Fsp3) is 0.312. The second-order valence-corrected chi connectivity index (χ2v) is 9.37. The maximum atomic E-state index is 5.78. The summed E-state index contributed by atoms with van der Waals surface area (Å²) in [6.07, 6.45) is 0. The van der Waals surface area contributed by atoms with Gasteiger partial charge in [-0.1, -0.05) is 50.2 Å². The molecule has 0 bridgehead atoms. The number of rotatable bonds is 2. The number of hydrogen-bond acceptors (Lipinski definition) is 5. The van der Waals surface area contributed by atoms with Crippen molar-refractivity contribution in [2.45, 2.75) is 13.8 Å². The summed E-state index contributed by atoms with van der Waals surface area (Å²) in [4.78, 5) is 0. The van der Waals surface area contributed by atoms with E-state index in [-0.39, 0.29) is 5.41 Å². The number of thiocarbonyl (C=S) groups is 1. The van der Waals surface area contributed by atoms with Crippen LogP contribution >= 0.6 is 18.9 Å². The lowest BCUT2D eigenvalue weighted by atomic mass is 9.97. The minimum atomic E-state index is -2.80. The molecule has 1 fully saturated rings. The maximum absolute atomic E-state index is 5.78. The first-order valence-electron chi connectivity index (χ1n) is 6.99. The predicted molar refractivity (Wildman–Crippen MR) is 96.7 cm³/mol. The van der Waals surface area contributed by atoms with Gasteiger partial charge in [0.15, 0.2) is 0 Å². The van der Waals surface area contributed by atoms with Crippen LogP contribution in [-0.2, 0) is 25.4 Å². The van der Waals surface area contributed by atoms with Crippen molar-refractivity contribution in [1.82, 2.24) is 0 Å². The van der Waals surface area contributed by atoms with Crippen LogP contribution in [0.15, 0.2) is 42.5 Å². The summed E-state index contributed by atoms with van der Waals surface area (Å²) >= 11 is 10.8. The molecule has 116 valence electrons. The molecule has 1 aliphatic heterocycles. The fourth-order valence-electron chi connectivity index (χ4n) is 2.19. The van der Waals surface area contributed by atoms with Gasteiger partial charge in [0.1, 0.15) is 0 Å². The van der Waals surface area contributed by atoms with Crippen molar-refractivity contribution in [3.8, 4) is 0 Å². The van der Waals surface area contributed by atoms with E-state index in [4.69, 9.17) is 37.6 Å². The Balaban J connectivity index is 1.84. The highest BCUT2D eigenvalue weighted by atomic mass is 32.5. The molecule has 0 spiro atoms. The van der Waals surface area contributed by atoms with E-state index in [9.17, 15) is 0 Å². The lowest BCUT2D eigenvalue weighted by molar-refractivity contribution is 0.0398. The van der Waals surface area contributed by atoms with Gasteiger partial charge in [0.05, 0.1) is 13.2 Å². The number of hydrogen-bond donors (Lipinski definition) is 0. The summed E-state index contributed by atoms with van der Waals surface area (Å²) in [5, 5.41) is 2.48. The zero-order valence-electron chi connectivity index (χ0n) is 12.4. The van der Waals surface area contributed by atoms with Gasteiger partial charge in [0.2, 0.25) is 5.05 Å². The third-order valence-electron chi connectivity index (χ3n) is 3.43. The molecule has 6 heteroatoms. The van der Waals surface area contributed by atoms with Gasteiger partial charge in [0.25, 0.3) is 0 Å². The first-order valence-corrected chi connectivity index (χ1v) is 9.96. The Morgan fingerprint density at radius 3 is 2.45 bits per heavy atom. The molecule has 0 unspecified atom stereocenters. The van der Waals surface area contributed by atoms with E-state index < -0.39 is 6.72 Å². The van der Waals surface area contributed by atoms with Crippen LogP contribution in [0.4, 0.5) is 0 Å². The quantitative estimate of drug-likeness (QED) is 0.570. The molecular formula is C16H17O3PS2. The van der Waals surface area contributed by atoms with Gasteiger partial charge >= 0.3 is 6.72 Å². The Hall–Kier alpha value is -0.840. The van der Waals surface area contributed by atoms with Crippen molar-refractivity contribution < 1.29 is 13.6 Å². The highest BCUT2D eigenvalue weighted by molar-refractivity contribution is 8.08. The van der Waals surface area contributed by atoms with Crippen molar-refractivity contribution >= 4 is 46.6 Å². The monoisotopic (exact) mass is 352 g/mol. The first kappa shape index (κ1) is 16.0. The molecule has 0 aliphatic carbocycles. The molecule has 22 heavy (non-hydrogen) atoms. The van der Waals surface area contributed by atoms with Crippen molar-refractivity contribution in [2.24, 2.45) is 5.41 Å². The van der Waals surface area contributed by atoms with Gasteiger partial charge in [-0.05, 0) is 29.1 Å². The molecule has 1 aliphatic rings. The van der Waals surface area contributed by atoms with Crippen molar-refractivity contribution in [1.29, 1.82) is 0 Å². The second-order valence-electron chi connectivity index (χ2n) is 6.06. The van der Waals surface area contributed by atoms with Crippen LogP contribution in [-0.4, -0.2) is 18.3 Å². The highest BCUT2D eigenvalue weighted by Crippen LogP contribution is 2.55. The zero-order valence-corrected chi connectivity index (χ0v) is 15.0. The van der Waals surface area contributed by atoms with Crippen molar-refractivity contribution in [3.05, 3.63) is 48.0 Å². The van der Waals surface area contributed by atoms with Gasteiger partial charge < -0.3 is 4.52 Å². The predicted octanol–water partition coefficient (Wildman–Crippen LogP) is 4.83. The Morgan fingerprint density at radius 2 is 1.73 bits per heavy atom. The van der Waals surface area contributed by atoms with E-state index in [1.54, 1.807) is 0 Å². The molecule has 2 aromatic carbocycles. The van der Waals surface area contributed by atoms with Gasteiger partial charge in [-0.3, -0.25) is 9.05 Å². The second kappa shape index (κ2) is 5.99. The van der Waals surface area contributed by atoms with Crippen LogP contribution in [0.2, 0.25) is 0 Å². The summed E-state index contributed by atoms with van der Waals surface area (Å²) in [6, 6.07) is 13.9. The smallest absolute Gasteiger partial charge is 0.381 e. The molecular weight excluding hydrogens is 335 g/mol. The molecule has 3 nitrogen and oxygen atoms in total. The molecule has 0 saturated carbocycles. The zero-order chi connectivity index (χ0) is 15.8. The first-order chi connectivity index (χ1) is 10.4. The third kappa shape index (κ3) is 3.39. The largest absolute Gasteiger partial charge is 0.412 e. The van der Waals surface area contributed by atoms with Gasteiger partial charge in [-0.25, -0.2) is 0 Å². The van der Waals surface area contributed by atoms with Crippen molar-refractivity contribution in [3.63, 3.8) is 0 Å². The van der Waals surface area contributed by atoms with Crippen LogP contribution in [0.3, 0.4) is 0 Å². The van der Waals surface area contributed by atoms with Gasteiger partial charge in [-0.2, -0.15) is 0 Å². The minimum absolute atomic E-state index is 0.0489. The molecule has 0 radical (unpaired) electrons. The van der Waals surface area contributed by atoms with E-state index in [0.29, 0.717) is 18.3 Å². The summed E-state index contributed by atoms with van der Waals surface area (Å²) in [5.41, 5.74) is 0.793. The van der Waals surface area contributed by atoms with Crippen LogP contribution < -0.4 is 0 Å². The maximum Gasteiger partial charge on any atom is 0.381 e. The van der Waals surface area contributed by atoms with E-state index >= 15 is 0 Å². The third-order valence-corrected chi connectivity index (χ3v) is 6.01. The van der Waals surface area contributed by atoms with Gasteiger partial charge in [0, 0.05) is 22.8 Å². The molecule has 0 aromatic heterocycles. The Bertz CT molecular complexity index is 754. The summed E-state index contributed by atoms with van der Waals surface area (Å²) in [5.74, 6) is 0. The molecule has 2 aromatic rings. The van der Waals surface area contributed by atoms with E-state index in [1.165, 1.54) is 0 Å². The normalized spacial score (nSPS) is 19.7. The Labute approximate surface area is 140 Å². The molecule has 0 amide bonds. The average molecular weight is 352 g/mol. The van der Waals surface area contributed by atoms with Crippen molar-refractivity contribution in [2.75, 3.05) is 13.2 Å². The summed E-state index contributed by atoms with van der Waals surface area (Å²) in [6.45, 7) is 2.36. The SMILES string of the molecule is CC1(C)COP(=S)(OC(=S)c2cccc3ccccc23)OC1. The van der Waals surface area contributed by atoms with E-state index in [1.807, 2.05) is 42.5 Å². The molecule has 1 heterocycles. The lowest BCUT2D eigenvalue weighted by Gasteiger charge is -2.35. The number of benzene rings is 2. The summed E-state index contributed by atoms with van der Waals surface area (Å²) < 4.78 is 17.1. The average Bonchev–Trinajstić information content (AvgIpc) is 2.50. The summed E-state index contributed by atoms with van der Waals surface area (Å²) in [7, 11) is 0. The van der Waals surface area contributed by atoms with E-state index in [2.05, 4.69) is 13.8 Å². The lowest BCUT2D eigenvalue weighted by Crippen LogP contribution is -2.30. The Morgan fingerprint density at radius 1 is 1.09 bits per heavy atom. The fourth-order valence-corrected chi connectivity index (χ4v) is 4.84. The number of fused-ring (bicyclic) bond motifs is 1. The topological polar surface area (TPSA) is 27.7 Å². The Kier molecular flexibility index (Phi) is 4.36.